The van der Waals surface area contributed by atoms with E-state index in [0.29, 0.717) is 4.68 Å². The lowest BCUT2D eigenvalue weighted by atomic mass is 10.1. The van der Waals surface area contributed by atoms with Crippen molar-refractivity contribution in [3.63, 3.8) is 0 Å². The van der Waals surface area contributed by atoms with E-state index in [1.807, 2.05) is 0 Å². The van der Waals surface area contributed by atoms with Gasteiger partial charge in [0.15, 0.2) is 0 Å². The van der Waals surface area contributed by atoms with Crippen LogP contribution in [-0.2, 0) is 6.18 Å². The highest BCUT2D eigenvalue weighted by molar-refractivity contribution is 6.30. The van der Waals surface area contributed by atoms with Crippen molar-refractivity contribution in [2.45, 2.75) is 19.1 Å². The maximum atomic E-state index is 13.9. The van der Waals surface area contributed by atoms with Crippen molar-refractivity contribution >= 4 is 17.5 Å². The fraction of sp³-hybridized carbons (Fsp3) is 0.200. The molecule has 12 heteroatoms. The summed E-state index contributed by atoms with van der Waals surface area (Å²) in [6.07, 6.45) is -3.77. The lowest BCUT2D eigenvalue weighted by Gasteiger charge is -2.14. The molecule has 0 radical (unpaired) electrons. The zero-order valence-corrected chi connectivity index (χ0v) is 17.1. The van der Waals surface area contributed by atoms with Gasteiger partial charge in [-0.1, -0.05) is 11.6 Å². The van der Waals surface area contributed by atoms with Gasteiger partial charge >= 0.3 is 6.18 Å². The van der Waals surface area contributed by atoms with Gasteiger partial charge in [0.25, 0.3) is 11.5 Å². The Hall–Kier alpha value is -3.31. The van der Waals surface area contributed by atoms with Crippen molar-refractivity contribution < 1.29 is 27.5 Å². The molecule has 0 aliphatic heterocycles. The van der Waals surface area contributed by atoms with Crippen molar-refractivity contribution in [3.05, 3.63) is 75.0 Å². The molecular formula is C20H15ClF4N4O3. The first-order valence-corrected chi connectivity index (χ1v) is 9.43. The highest BCUT2D eigenvalue weighted by Gasteiger charge is 2.32. The Morgan fingerprint density at radius 2 is 1.97 bits per heavy atom. The molecule has 0 aliphatic rings. The van der Waals surface area contributed by atoms with E-state index in [1.54, 1.807) is 0 Å². The monoisotopic (exact) mass is 470 g/mol. The predicted molar refractivity (Wildman–Crippen MR) is 107 cm³/mol. The first-order chi connectivity index (χ1) is 15.0. The van der Waals surface area contributed by atoms with Gasteiger partial charge in [0.05, 0.1) is 18.0 Å². The van der Waals surface area contributed by atoms with Gasteiger partial charge in [0, 0.05) is 22.8 Å². The number of alkyl halides is 3. The summed E-state index contributed by atoms with van der Waals surface area (Å²) >= 11 is 5.85. The maximum absolute atomic E-state index is 13.9. The third kappa shape index (κ3) is 5.11. The largest absolute Gasteiger partial charge is 0.433 e. The van der Waals surface area contributed by atoms with Crippen LogP contribution in [0.3, 0.4) is 0 Å². The number of aliphatic hydroxyl groups is 1. The van der Waals surface area contributed by atoms with Gasteiger partial charge in [-0.3, -0.25) is 14.6 Å². The molecule has 2 aromatic heterocycles. The van der Waals surface area contributed by atoms with Crippen molar-refractivity contribution in [1.82, 2.24) is 20.1 Å². The van der Waals surface area contributed by atoms with E-state index in [-0.39, 0.29) is 22.0 Å². The molecule has 168 valence electrons. The summed E-state index contributed by atoms with van der Waals surface area (Å²) in [5.41, 5.74) is -2.62. The van der Waals surface area contributed by atoms with Crippen LogP contribution in [0.2, 0.25) is 5.02 Å². The number of nitrogens with zero attached hydrogens (tertiary/aromatic N) is 3. The quantitative estimate of drug-likeness (QED) is 0.558. The Morgan fingerprint density at radius 3 is 2.53 bits per heavy atom. The number of pyridine rings is 1. The molecule has 3 aromatic rings. The van der Waals surface area contributed by atoms with E-state index in [0.717, 1.165) is 36.5 Å². The zero-order chi connectivity index (χ0) is 23.6. The average molecular weight is 471 g/mol. The minimum Gasteiger partial charge on any atom is -0.394 e. The SMILES string of the molecule is CC(CO)NC(=O)c1cc(-c2ccc(C(F)(F)F)nc2)nn(-c2cc(F)cc(Cl)c2)c1=O. The number of amides is 1. The molecule has 1 amide bonds. The number of rotatable bonds is 5. The second kappa shape index (κ2) is 9.05. The van der Waals surface area contributed by atoms with Crippen molar-refractivity contribution in [3.8, 4) is 16.9 Å². The maximum Gasteiger partial charge on any atom is 0.433 e. The fourth-order valence-corrected chi connectivity index (χ4v) is 2.91. The molecule has 0 bridgehead atoms. The van der Waals surface area contributed by atoms with Crippen LogP contribution >= 0.6 is 11.6 Å². The molecule has 3 rings (SSSR count). The third-order valence-electron chi connectivity index (χ3n) is 4.25. The Labute approximate surface area is 183 Å². The van der Waals surface area contributed by atoms with Gasteiger partial charge in [-0.05, 0) is 43.3 Å². The molecular weight excluding hydrogens is 456 g/mol. The van der Waals surface area contributed by atoms with Crippen LogP contribution < -0.4 is 10.9 Å². The Kier molecular flexibility index (Phi) is 6.60. The molecule has 2 N–H and O–H groups in total. The van der Waals surface area contributed by atoms with Crippen LogP contribution in [0, 0.1) is 5.82 Å². The van der Waals surface area contributed by atoms with E-state index < -0.39 is 47.4 Å². The van der Waals surface area contributed by atoms with E-state index in [1.165, 1.54) is 13.0 Å². The fourth-order valence-electron chi connectivity index (χ4n) is 2.70. The van der Waals surface area contributed by atoms with Crippen molar-refractivity contribution in [2.75, 3.05) is 6.61 Å². The molecule has 32 heavy (non-hydrogen) atoms. The Bertz CT molecular complexity index is 1190. The van der Waals surface area contributed by atoms with E-state index in [9.17, 15) is 27.2 Å². The summed E-state index contributed by atoms with van der Waals surface area (Å²) in [6.45, 7) is 1.09. The number of nitrogens with one attached hydrogen (secondary N) is 1. The average Bonchev–Trinajstić information content (AvgIpc) is 2.72. The van der Waals surface area contributed by atoms with Gasteiger partial charge in [-0.25, -0.2) is 4.39 Å². The highest BCUT2D eigenvalue weighted by atomic mass is 35.5. The number of hydrogen-bond acceptors (Lipinski definition) is 5. The summed E-state index contributed by atoms with van der Waals surface area (Å²) in [6, 6.07) is 5.35. The minimum absolute atomic E-state index is 0.0461. The molecule has 0 saturated carbocycles. The predicted octanol–water partition coefficient (Wildman–Crippen LogP) is 3.22. The van der Waals surface area contributed by atoms with Crippen LogP contribution in [0.1, 0.15) is 23.0 Å². The van der Waals surface area contributed by atoms with Gasteiger partial charge in [0.2, 0.25) is 0 Å². The molecule has 1 aromatic carbocycles. The topological polar surface area (TPSA) is 97.1 Å². The molecule has 0 spiro atoms. The summed E-state index contributed by atoms with van der Waals surface area (Å²) < 4.78 is 53.0. The van der Waals surface area contributed by atoms with Crippen molar-refractivity contribution in [2.24, 2.45) is 0 Å². The lowest BCUT2D eigenvalue weighted by molar-refractivity contribution is -0.141. The smallest absolute Gasteiger partial charge is 0.394 e. The van der Waals surface area contributed by atoms with Gasteiger partial charge in [-0.15, -0.1) is 0 Å². The molecule has 1 atom stereocenters. The van der Waals surface area contributed by atoms with Crippen LogP contribution in [0.15, 0.2) is 47.4 Å². The Balaban J connectivity index is 2.20. The minimum atomic E-state index is -4.66. The summed E-state index contributed by atoms with van der Waals surface area (Å²) in [7, 11) is 0. The normalized spacial score (nSPS) is 12.5. The highest BCUT2D eigenvalue weighted by Crippen LogP contribution is 2.28. The molecule has 0 saturated heterocycles. The first-order valence-electron chi connectivity index (χ1n) is 9.06. The van der Waals surface area contributed by atoms with Crippen LogP contribution in [0.25, 0.3) is 16.9 Å². The number of benzene rings is 1. The molecule has 0 fully saturated rings. The summed E-state index contributed by atoms with van der Waals surface area (Å²) in [4.78, 5) is 28.9. The standard InChI is InChI=1S/C20H15ClF4N4O3/c1-10(9-30)27-18(31)15-7-16(11-2-3-17(26-8-11)20(23,24)25)28-29(19(15)32)14-5-12(21)4-13(22)6-14/h2-8,10,30H,9H2,1H3,(H,27,31). The van der Waals surface area contributed by atoms with Crippen LogP contribution in [0.4, 0.5) is 17.6 Å². The number of aromatic nitrogens is 3. The number of hydrogen-bond donors (Lipinski definition) is 2. The van der Waals surface area contributed by atoms with Crippen molar-refractivity contribution in [1.29, 1.82) is 0 Å². The lowest BCUT2D eigenvalue weighted by Crippen LogP contribution is -2.39. The van der Waals surface area contributed by atoms with E-state index >= 15 is 0 Å². The number of halogens is 5. The summed E-state index contributed by atoms with van der Waals surface area (Å²) in [5.74, 6) is -1.64. The first kappa shape index (κ1) is 23.4. The zero-order valence-electron chi connectivity index (χ0n) is 16.3. The molecule has 0 aliphatic carbocycles. The van der Waals surface area contributed by atoms with Crippen LogP contribution in [-0.4, -0.2) is 38.4 Å². The third-order valence-corrected chi connectivity index (χ3v) is 4.47. The van der Waals surface area contributed by atoms with E-state index in [2.05, 4.69) is 15.4 Å². The van der Waals surface area contributed by atoms with Crippen LogP contribution in [0.5, 0.6) is 0 Å². The number of carbonyl (C=O) groups is 1. The molecule has 2 heterocycles. The number of aliphatic hydroxyl groups excluding tert-OH is 1. The Morgan fingerprint density at radius 1 is 1.25 bits per heavy atom. The number of carbonyl (C=O) groups excluding carboxylic acids is 1. The van der Waals surface area contributed by atoms with E-state index in [4.69, 9.17) is 16.7 Å². The summed E-state index contributed by atoms with van der Waals surface area (Å²) in [5, 5.41) is 15.6. The van der Waals surface area contributed by atoms with Gasteiger partial charge in [-0.2, -0.15) is 23.0 Å². The molecule has 7 nitrogen and oxygen atoms in total. The van der Waals surface area contributed by atoms with Gasteiger partial charge in [0.1, 0.15) is 17.1 Å². The van der Waals surface area contributed by atoms with Gasteiger partial charge < -0.3 is 10.4 Å². The second-order valence-corrected chi connectivity index (χ2v) is 7.21. The molecule has 1 unspecified atom stereocenters. The second-order valence-electron chi connectivity index (χ2n) is 6.77.